The third-order valence-electron chi connectivity index (χ3n) is 2.74. The molecule has 0 aromatic heterocycles. The quantitative estimate of drug-likeness (QED) is 0.801. The lowest BCUT2D eigenvalue weighted by Crippen LogP contribution is -2.35. The van der Waals surface area contributed by atoms with Crippen LogP contribution >= 0.6 is 0 Å². The summed E-state index contributed by atoms with van der Waals surface area (Å²) in [6, 6.07) is 8.50. The van der Waals surface area contributed by atoms with Crippen LogP contribution in [0.25, 0.3) is 0 Å². The molecule has 0 bridgehead atoms. The molecule has 2 N–H and O–H groups in total. The van der Waals surface area contributed by atoms with Gasteiger partial charge in [0.2, 0.25) is 0 Å². The molecule has 1 aromatic rings. The second-order valence-corrected chi connectivity index (χ2v) is 3.91. The third-order valence-corrected chi connectivity index (χ3v) is 2.74. The van der Waals surface area contributed by atoms with E-state index < -0.39 is 0 Å². The Balaban J connectivity index is 1.96. The van der Waals surface area contributed by atoms with Crippen molar-refractivity contribution in [2.75, 3.05) is 26.3 Å². The summed E-state index contributed by atoms with van der Waals surface area (Å²) in [5, 5.41) is 0. The summed E-state index contributed by atoms with van der Waals surface area (Å²) in [7, 11) is 0. The molecule has 1 saturated heterocycles. The van der Waals surface area contributed by atoms with Crippen molar-refractivity contribution in [3.63, 3.8) is 0 Å². The zero-order chi connectivity index (χ0) is 10.5. The Morgan fingerprint density at radius 1 is 1.20 bits per heavy atom. The Labute approximate surface area is 90.8 Å². The summed E-state index contributed by atoms with van der Waals surface area (Å²) < 4.78 is 5.32. The van der Waals surface area contributed by atoms with Crippen LogP contribution in [0.1, 0.15) is 11.1 Å². The van der Waals surface area contributed by atoms with Gasteiger partial charge in [-0.1, -0.05) is 24.3 Å². The van der Waals surface area contributed by atoms with Crippen molar-refractivity contribution in [1.82, 2.24) is 4.90 Å². The van der Waals surface area contributed by atoms with Crippen LogP contribution in [-0.2, 0) is 17.8 Å². The summed E-state index contributed by atoms with van der Waals surface area (Å²) in [6.45, 7) is 5.42. The highest BCUT2D eigenvalue weighted by atomic mass is 16.5. The van der Waals surface area contributed by atoms with Gasteiger partial charge in [0, 0.05) is 26.2 Å². The van der Waals surface area contributed by atoms with Crippen LogP contribution in [0.5, 0.6) is 0 Å². The van der Waals surface area contributed by atoms with Gasteiger partial charge in [0.15, 0.2) is 0 Å². The number of morpholine rings is 1. The maximum Gasteiger partial charge on any atom is 0.0594 e. The molecule has 0 aliphatic carbocycles. The number of hydrogen-bond donors (Lipinski definition) is 1. The van der Waals surface area contributed by atoms with Gasteiger partial charge < -0.3 is 10.5 Å². The highest BCUT2D eigenvalue weighted by Crippen LogP contribution is 2.09. The van der Waals surface area contributed by atoms with Gasteiger partial charge in [-0.05, 0) is 11.1 Å². The van der Waals surface area contributed by atoms with Gasteiger partial charge >= 0.3 is 0 Å². The normalized spacial score (nSPS) is 17.9. The van der Waals surface area contributed by atoms with E-state index in [4.69, 9.17) is 10.5 Å². The van der Waals surface area contributed by atoms with Crippen molar-refractivity contribution in [2.45, 2.75) is 13.1 Å². The molecule has 0 spiro atoms. The first-order chi connectivity index (χ1) is 7.38. The molecular weight excluding hydrogens is 188 g/mol. The zero-order valence-electron chi connectivity index (χ0n) is 8.98. The highest BCUT2D eigenvalue weighted by molar-refractivity contribution is 5.23. The molecule has 82 valence electrons. The molecule has 15 heavy (non-hydrogen) atoms. The Hall–Kier alpha value is -0.900. The number of hydrogen-bond acceptors (Lipinski definition) is 3. The second kappa shape index (κ2) is 5.26. The van der Waals surface area contributed by atoms with Crippen LogP contribution in [0.3, 0.4) is 0 Å². The fraction of sp³-hybridized carbons (Fsp3) is 0.500. The fourth-order valence-corrected chi connectivity index (χ4v) is 1.87. The van der Waals surface area contributed by atoms with Crippen molar-refractivity contribution < 1.29 is 4.74 Å². The molecule has 0 amide bonds. The predicted octanol–water partition coefficient (Wildman–Crippen LogP) is 0.977. The lowest BCUT2D eigenvalue weighted by molar-refractivity contribution is 0.0342. The molecule has 1 heterocycles. The fourth-order valence-electron chi connectivity index (χ4n) is 1.87. The van der Waals surface area contributed by atoms with Crippen LogP contribution in [0, 0.1) is 0 Å². The molecule has 1 fully saturated rings. The summed E-state index contributed by atoms with van der Waals surface area (Å²) in [6.07, 6.45) is 0. The molecule has 1 aromatic carbocycles. The van der Waals surface area contributed by atoms with Crippen LogP contribution in [0.4, 0.5) is 0 Å². The summed E-state index contributed by atoms with van der Waals surface area (Å²) >= 11 is 0. The lowest BCUT2D eigenvalue weighted by Gasteiger charge is -2.26. The first-order valence-corrected chi connectivity index (χ1v) is 5.46. The molecule has 3 nitrogen and oxygen atoms in total. The minimum atomic E-state index is 0.622. The van der Waals surface area contributed by atoms with E-state index in [-0.39, 0.29) is 0 Å². The Kier molecular flexibility index (Phi) is 3.72. The standard InChI is InChI=1S/C12H18N2O/c13-9-11-2-1-3-12(8-11)10-14-4-6-15-7-5-14/h1-3,8H,4-7,9-10,13H2. The third kappa shape index (κ3) is 3.02. The SMILES string of the molecule is NCc1cccc(CN2CCOCC2)c1. The van der Waals surface area contributed by atoms with Gasteiger partial charge in [0.05, 0.1) is 13.2 Å². The number of nitrogens with two attached hydrogens (primary N) is 1. The monoisotopic (exact) mass is 206 g/mol. The predicted molar refractivity (Wildman–Crippen MR) is 60.4 cm³/mol. The van der Waals surface area contributed by atoms with E-state index >= 15 is 0 Å². The minimum Gasteiger partial charge on any atom is -0.379 e. The smallest absolute Gasteiger partial charge is 0.0594 e. The second-order valence-electron chi connectivity index (χ2n) is 3.91. The van der Waals surface area contributed by atoms with E-state index in [1.165, 1.54) is 11.1 Å². The van der Waals surface area contributed by atoms with Gasteiger partial charge in [-0.3, -0.25) is 4.90 Å². The molecule has 0 atom stereocenters. The van der Waals surface area contributed by atoms with Gasteiger partial charge in [0.25, 0.3) is 0 Å². The van der Waals surface area contributed by atoms with Gasteiger partial charge in [-0.15, -0.1) is 0 Å². The average molecular weight is 206 g/mol. The maximum atomic E-state index is 5.62. The number of ether oxygens (including phenoxy) is 1. The molecule has 1 aliphatic rings. The van der Waals surface area contributed by atoms with Crippen molar-refractivity contribution in [2.24, 2.45) is 5.73 Å². The van der Waals surface area contributed by atoms with Crippen LogP contribution in [0.15, 0.2) is 24.3 Å². The molecule has 2 rings (SSSR count). The molecular formula is C12H18N2O. The van der Waals surface area contributed by atoms with Crippen molar-refractivity contribution in [1.29, 1.82) is 0 Å². The molecule has 0 saturated carbocycles. The number of benzene rings is 1. The molecule has 0 unspecified atom stereocenters. The van der Waals surface area contributed by atoms with E-state index in [9.17, 15) is 0 Å². The molecule has 1 aliphatic heterocycles. The summed E-state index contributed by atoms with van der Waals surface area (Å²) in [5.41, 5.74) is 8.17. The molecule has 3 heteroatoms. The van der Waals surface area contributed by atoms with Gasteiger partial charge in [0.1, 0.15) is 0 Å². The lowest BCUT2D eigenvalue weighted by atomic mass is 10.1. The van der Waals surface area contributed by atoms with Crippen LogP contribution in [0.2, 0.25) is 0 Å². The highest BCUT2D eigenvalue weighted by Gasteiger charge is 2.10. The van der Waals surface area contributed by atoms with Crippen molar-refractivity contribution in [3.05, 3.63) is 35.4 Å². The van der Waals surface area contributed by atoms with E-state index in [2.05, 4.69) is 29.2 Å². The topological polar surface area (TPSA) is 38.5 Å². The number of nitrogens with zero attached hydrogens (tertiary/aromatic N) is 1. The van der Waals surface area contributed by atoms with E-state index in [0.717, 1.165) is 32.8 Å². The first-order valence-electron chi connectivity index (χ1n) is 5.46. The number of rotatable bonds is 3. The maximum absolute atomic E-state index is 5.62. The van der Waals surface area contributed by atoms with Crippen molar-refractivity contribution >= 4 is 0 Å². The largest absolute Gasteiger partial charge is 0.379 e. The van der Waals surface area contributed by atoms with Gasteiger partial charge in [-0.25, -0.2) is 0 Å². The summed E-state index contributed by atoms with van der Waals surface area (Å²) in [4.78, 5) is 2.42. The Morgan fingerprint density at radius 2 is 1.93 bits per heavy atom. The Morgan fingerprint density at radius 3 is 2.67 bits per heavy atom. The first kappa shape index (κ1) is 10.6. The van der Waals surface area contributed by atoms with Crippen LogP contribution < -0.4 is 5.73 Å². The van der Waals surface area contributed by atoms with Crippen molar-refractivity contribution in [3.8, 4) is 0 Å². The van der Waals surface area contributed by atoms with E-state index in [1.807, 2.05) is 0 Å². The Bertz CT molecular complexity index is 308. The van der Waals surface area contributed by atoms with Gasteiger partial charge in [-0.2, -0.15) is 0 Å². The minimum absolute atomic E-state index is 0.622. The molecule has 0 radical (unpaired) electrons. The summed E-state index contributed by atoms with van der Waals surface area (Å²) in [5.74, 6) is 0. The van der Waals surface area contributed by atoms with E-state index in [1.54, 1.807) is 0 Å². The van der Waals surface area contributed by atoms with E-state index in [0.29, 0.717) is 6.54 Å². The zero-order valence-corrected chi connectivity index (χ0v) is 8.98. The van der Waals surface area contributed by atoms with Crippen LogP contribution in [-0.4, -0.2) is 31.2 Å². The average Bonchev–Trinajstić information content (AvgIpc) is 2.31.